The predicted octanol–water partition coefficient (Wildman–Crippen LogP) is 2.53. The van der Waals surface area contributed by atoms with Gasteiger partial charge in [0.25, 0.3) is 0 Å². The maximum atomic E-state index is 9.10. The third-order valence-electron chi connectivity index (χ3n) is 3.69. The molecule has 27 heavy (non-hydrogen) atoms. The number of aliphatic hydroxyl groups excluding tert-OH is 1. The summed E-state index contributed by atoms with van der Waals surface area (Å²) in [4.78, 5) is 9.68. The quantitative estimate of drug-likeness (QED) is 0.288. The molecule has 0 atom stereocenters. The molecule has 144 valence electrons. The number of thioether (sulfide) groups is 1. The first kappa shape index (κ1) is 19.3. The Hall–Kier alpha value is -2.49. The van der Waals surface area contributed by atoms with Crippen LogP contribution in [0.1, 0.15) is 20.8 Å². The summed E-state index contributed by atoms with van der Waals surface area (Å²) in [6.45, 7) is 6.59. The molecule has 0 saturated carbocycles. The van der Waals surface area contributed by atoms with Crippen LogP contribution in [0.4, 0.5) is 11.5 Å². The molecule has 0 aliphatic carbocycles. The Morgan fingerprint density at radius 3 is 2.67 bits per heavy atom. The molecule has 0 amide bonds. The van der Waals surface area contributed by atoms with Crippen molar-refractivity contribution in [3.8, 4) is 17.0 Å². The van der Waals surface area contributed by atoms with Crippen LogP contribution in [0.5, 0.6) is 5.75 Å². The van der Waals surface area contributed by atoms with E-state index in [1.807, 2.05) is 16.7 Å². The van der Waals surface area contributed by atoms with Crippen molar-refractivity contribution >= 4 is 28.9 Å². The molecule has 0 aliphatic heterocycles. The molecule has 0 saturated heterocycles. The van der Waals surface area contributed by atoms with Crippen LogP contribution in [-0.4, -0.2) is 37.4 Å². The van der Waals surface area contributed by atoms with Crippen LogP contribution in [0.25, 0.3) is 16.9 Å². The first-order valence-electron chi connectivity index (χ1n) is 8.48. The third-order valence-corrected chi connectivity index (χ3v) is 4.83. The van der Waals surface area contributed by atoms with Crippen molar-refractivity contribution in [1.29, 1.82) is 0 Å². The van der Waals surface area contributed by atoms with Crippen molar-refractivity contribution < 1.29 is 9.84 Å². The maximum absolute atomic E-state index is 9.10. The van der Waals surface area contributed by atoms with E-state index >= 15 is 0 Å². The van der Waals surface area contributed by atoms with E-state index in [1.165, 1.54) is 0 Å². The van der Waals surface area contributed by atoms with Gasteiger partial charge in [0.1, 0.15) is 18.0 Å². The lowest BCUT2D eigenvalue weighted by Crippen LogP contribution is -2.11. The van der Waals surface area contributed by atoms with Crippen LogP contribution in [0, 0.1) is 0 Å². The van der Waals surface area contributed by atoms with E-state index in [1.54, 1.807) is 30.2 Å². The van der Waals surface area contributed by atoms with Gasteiger partial charge in [0.15, 0.2) is 5.82 Å². The molecule has 3 aromatic heterocycles. The molecule has 3 rings (SSSR count). The highest BCUT2D eigenvalue weighted by molar-refractivity contribution is 8.00. The highest BCUT2D eigenvalue weighted by atomic mass is 32.2. The zero-order chi connectivity index (χ0) is 19.6. The van der Waals surface area contributed by atoms with Crippen LogP contribution in [-0.2, 0) is 0 Å². The van der Waals surface area contributed by atoms with Crippen molar-refractivity contribution in [1.82, 2.24) is 14.4 Å². The molecule has 9 heteroatoms. The second-order valence-electron chi connectivity index (χ2n) is 6.97. The Morgan fingerprint density at radius 1 is 1.26 bits per heavy atom. The number of nitrogen functional groups attached to an aromatic ring is 2. The minimum absolute atomic E-state index is 0.00776. The second kappa shape index (κ2) is 7.63. The smallest absolute Gasteiger partial charge is 0.163 e. The number of imidazole rings is 1. The highest BCUT2D eigenvalue weighted by Gasteiger charge is 2.19. The molecule has 8 nitrogen and oxygen atoms in total. The van der Waals surface area contributed by atoms with Crippen LogP contribution >= 0.6 is 11.8 Å². The van der Waals surface area contributed by atoms with Crippen molar-refractivity contribution in [2.45, 2.75) is 30.4 Å². The van der Waals surface area contributed by atoms with Gasteiger partial charge in [-0.1, -0.05) is 20.8 Å². The van der Waals surface area contributed by atoms with Gasteiger partial charge in [0.2, 0.25) is 0 Å². The summed E-state index contributed by atoms with van der Waals surface area (Å²) in [6, 6.07) is 3.68. The first-order valence-corrected chi connectivity index (χ1v) is 9.30. The first-order chi connectivity index (χ1) is 12.8. The summed E-state index contributed by atoms with van der Waals surface area (Å²) in [7, 11) is 0. The van der Waals surface area contributed by atoms with Gasteiger partial charge < -0.3 is 21.0 Å². The number of hydrazine groups is 1. The summed E-state index contributed by atoms with van der Waals surface area (Å²) < 4.78 is 7.70. The third kappa shape index (κ3) is 4.26. The minimum Gasteiger partial charge on any atom is -0.490 e. The van der Waals surface area contributed by atoms with Crippen LogP contribution < -0.4 is 21.7 Å². The lowest BCUT2D eigenvalue weighted by atomic mass is 10.2. The predicted molar refractivity (Wildman–Crippen MR) is 109 cm³/mol. The van der Waals surface area contributed by atoms with E-state index in [0.29, 0.717) is 17.3 Å². The van der Waals surface area contributed by atoms with Gasteiger partial charge in [-0.05, 0) is 6.07 Å². The van der Waals surface area contributed by atoms with Crippen molar-refractivity contribution in [3.05, 3.63) is 30.7 Å². The average molecular weight is 388 g/mol. The molecule has 0 bridgehead atoms. The Morgan fingerprint density at radius 2 is 2.04 bits per heavy atom. The zero-order valence-corrected chi connectivity index (χ0v) is 16.4. The molecule has 0 radical (unpaired) electrons. The van der Waals surface area contributed by atoms with Crippen LogP contribution in [0.3, 0.4) is 0 Å². The lowest BCUT2D eigenvalue weighted by Gasteiger charge is -2.20. The highest BCUT2D eigenvalue weighted by Crippen LogP contribution is 2.39. The number of nitrogens with one attached hydrogen (secondary N) is 1. The summed E-state index contributed by atoms with van der Waals surface area (Å²) in [6.07, 6.45) is 5.45. The number of fused-ring (bicyclic) bond motifs is 1. The van der Waals surface area contributed by atoms with Crippen molar-refractivity contribution in [2.75, 3.05) is 24.4 Å². The maximum Gasteiger partial charge on any atom is 0.163 e. The van der Waals surface area contributed by atoms with Gasteiger partial charge in [-0.2, -0.15) is 0 Å². The number of hydrogen-bond acceptors (Lipinski definition) is 8. The fourth-order valence-electron chi connectivity index (χ4n) is 2.62. The molecule has 0 unspecified atom stereocenters. The molecule has 3 aromatic rings. The van der Waals surface area contributed by atoms with Crippen LogP contribution in [0.15, 0.2) is 35.6 Å². The number of ether oxygens (including phenoxy) is 1. The largest absolute Gasteiger partial charge is 0.490 e. The number of nitrogens with zero attached hydrogens (tertiary/aromatic N) is 3. The lowest BCUT2D eigenvalue weighted by molar-refractivity contribution is 0.198. The Kier molecular flexibility index (Phi) is 5.45. The molecule has 6 N–H and O–H groups in total. The average Bonchev–Trinajstić information content (AvgIpc) is 3.01. The number of anilines is 2. The molecule has 3 heterocycles. The van der Waals surface area contributed by atoms with E-state index in [-0.39, 0.29) is 18.0 Å². The Balaban J connectivity index is 2.10. The van der Waals surface area contributed by atoms with E-state index in [4.69, 9.17) is 21.4 Å². The Labute approximate surface area is 161 Å². The number of rotatable bonds is 6. The number of hydrogen-bond donors (Lipinski definition) is 4. The molecule has 0 aliphatic rings. The summed E-state index contributed by atoms with van der Waals surface area (Å²) in [5, 5.41) is 9.10. The minimum atomic E-state index is -0.0447. The van der Waals surface area contributed by atoms with Gasteiger partial charge in [-0.3, -0.25) is 4.40 Å². The fraction of sp³-hybridized carbons (Fsp3) is 0.333. The van der Waals surface area contributed by atoms with Gasteiger partial charge in [-0.25, -0.2) is 15.8 Å². The van der Waals surface area contributed by atoms with E-state index in [9.17, 15) is 0 Å². The number of nitrogens with two attached hydrogens (primary N) is 2. The summed E-state index contributed by atoms with van der Waals surface area (Å²) >= 11 is 1.69. The number of pyridine rings is 2. The molecule has 0 spiro atoms. The van der Waals surface area contributed by atoms with Gasteiger partial charge in [0.05, 0.1) is 29.1 Å². The summed E-state index contributed by atoms with van der Waals surface area (Å²) in [5.41, 5.74) is 11.3. The molecular weight excluding hydrogens is 364 g/mol. The second-order valence-corrected chi connectivity index (χ2v) is 8.83. The normalized spacial score (nSPS) is 11.7. The topological polar surface area (TPSA) is 124 Å². The van der Waals surface area contributed by atoms with Crippen molar-refractivity contribution in [3.63, 3.8) is 0 Å². The molecule has 0 fully saturated rings. The van der Waals surface area contributed by atoms with E-state index < -0.39 is 0 Å². The standard InChI is InChI=1S/C18H24N6O2S/c1-18(2,3)27-15-10-24-13(11-6-12(19)17(23-20)22-8-11)9-21-16(24)7-14(15)26-5-4-25/h6-10,25H,4-5,19-20H2,1-3H3,(H,22,23). The van der Waals surface area contributed by atoms with E-state index in [0.717, 1.165) is 21.8 Å². The zero-order valence-electron chi connectivity index (χ0n) is 15.6. The molecular formula is C18H24N6O2S. The van der Waals surface area contributed by atoms with E-state index in [2.05, 4.69) is 36.2 Å². The Bertz CT molecular complexity index is 951. The van der Waals surface area contributed by atoms with Crippen LogP contribution in [0.2, 0.25) is 0 Å². The van der Waals surface area contributed by atoms with Crippen molar-refractivity contribution in [2.24, 2.45) is 5.84 Å². The van der Waals surface area contributed by atoms with Gasteiger partial charge >= 0.3 is 0 Å². The fourth-order valence-corrected chi connectivity index (χ4v) is 3.65. The summed E-state index contributed by atoms with van der Waals surface area (Å²) in [5.74, 6) is 6.53. The van der Waals surface area contributed by atoms with Gasteiger partial charge in [0, 0.05) is 28.8 Å². The van der Waals surface area contributed by atoms with Gasteiger partial charge in [-0.15, -0.1) is 11.8 Å². The SMILES string of the molecule is CC(C)(C)Sc1cn2c(-c3cnc(NN)c(N)c3)cnc2cc1OCCO. The molecule has 0 aromatic carbocycles. The number of aromatic nitrogens is 3. The monoisotopic (exact) mass is 388 g/mol. The number of aliphatic hydroxyl groups is 1.